The van der Waals surface area contributed by atoms with Crippen LogP contribution in [0, 0.1) is 6.92 Å². The number of rotatable bonds is 3. The average Bonchev–Trinajstić information content (AvgIpc) is 3.27. The van der Waals surface area contributed by atoms with Crippen LogP contribution in [-0.4, -0.2) is 38.7 Å². The van der Waals surface area contributed by atoms with Gasteiger partial charge in [0.05, 0.1) is 26.5 Å². The fourth-order valence-corrected chi connectivity index (χ4v) is 4.59. The number of aromatic nitrogens is 4. The summed E-state index contributed by atoms with van der Waals surface area (Å²) in [5.74, 6) is 0.798. The minimum absolute atomic E-state index is 0.333. The third-order valence-electron chi connectivity index (χ3n) is 5.00. The molecule has 1 saturated heterocycles. The predicted molar refractivity (Wildman–Crippen MR) is 110 cm³/mol. The summed E-state index contributed by atoms with van der Waals surface area (Å²) in [6, 6.07) is 6.60. The van der Waals surface area contributed by atoms with Crippen LogP contribution in [-0.2, 0) is 0 Å². The summed E-state index contributed by atoms with van der Waals surface area (Å²) in [5, 5.41) is 12.9. The lowest BCUT2D eigenvalue weighted by atomic mass is 10.0. The van der Waals surface area contributed by atoms with Crippen LogP contribution in [0.4, 0.5) is 11.5 Å². The van der Waals surface area contributed by atoms with Crippen LogP contribution >= 0.6 is 11.3 Å². The molecule has 1 aliphatic heterocycles. The first-order chi connectivity index (χ1) is 13.2. The highest BCUT2D eigenvalue weighted by atomic mass is 32.1. The van der Waals surface area contributed by atoms with Crippen LogP contribution in [0.1, 0.15) is 17.8 Å². The van der Waals surface area contributed by atoms with E-state index >= 15 is 0 Å². The molecule has 0 spiro atoms. The first kappa shape index (κ1) is 16.5. The number of nitrogen functional groups attached to an aromatic ring is 1. The van der Waals surface area contributed by atoms with Crippen LogP contribution in [0.2, 0.25) is 0 Å². The molecule has 0 radical (unpaired) electrons. The molecule has 3 aromatic heterocycles. The van der Waals surface area contributed by atoms with Crippen molar-refractivity contribution in [3.63, 3.8) is 0 Å². The smallest absolute Gasteiger partial charge is 0.177 e. The molecule has 5 rings (SSSR count). The van der Waals surface area contributed by atoms with Crippen molar-refractivity contribution >= 4 is 38.7 Å². The molecule has 0 amide bonds. The quantitative estimate of drug-likeness (QED) is 0.507. The summed E-state index contributed by atoms with van der Waals surface area (Å²) in [6.45, 7) is 4.03. The Labute approximate surface area is 160 Å². The minimum atomic E-state index is 0.333. The maximum Gasteiger partial charge on any atom is 0.177 e. The number of anilines is 2. The third kappa shape index (κ3) is 2.90. The van der Waals surface area contributed by atoms with Gasteiger partial charge in [-0.25, -0.2) is 14.5 Å². The van der Waals surface area contributed by atoms with E-state index in [1.165, 1.54) is 0 Å². The van der Waals surface area contributed by atoms with E-state index in [4.69, 9.17) is 10.8 Å². The number of hydrogen-bond acceptors (Lipinski definition) is 7. The Morgan fingerprint density at radius 2 is 2.30 bits per heavy atom. The van der Waals surface area contributed by atoms with Crippen LogP contribution in [0.5, 0.6) is 0 Å². The van der Waals surface area contributed by atoms with Gasteiger partial charge in [-0.05, 0) is 44.0 Å². The molecule has 1 atom stereocenters. The van der Waals surface area contributed by atoms with Crippen molar-refractivity contribution in [1.82, 2.24) is 24.9 Å². The molecule has 1 aromatic carbocycles. The molecule has 4 heterocycles. The van der Waals surface area contributed by atoms with Crippen LogP contribution in [0.15, 0.2) is 30.6 Å². The van der Waals surface area contributed by atoms with E-state index in [1.807, 2.05) is 13.1 Å². The summed E-state index contributed by atoms with van der Waals surface area (Å²) in [6.07, 6.45) is 5.82. The summed E-state index contributed by atoms with van der Waals surface area (Å²) in [5.41, 5.74) is 10.8. The second-order valence-corrected chi connectivity index (χ2v) is 8.17. The lowest BCUT2D eigenvalue weighted by Crippen LogP contribution is -2.38. The maximum atomic E-state index is 6.56. The number of hydrogen-bond donors (Lipinski definition) is 3. The van der Waals surface area contributed by atoms with Gasteiger partial charge in [0, 0.05) is 25.0 Å². The largest absolute Gasteiger partial charge is 0.395 e. The van der Waals surface area contributed by atoms with Crippen molar-refractivity contribution in [2.45, 2.75) is 25.8 Å². The highest BCUT2D eigenvalue weighted by molar-refractivity contribution is 7.18. The number of thiazole rings is 1. The Hall–Kier alpha value is -2.71. The summed E-state index contributed by atoms with van der Waals surface area (Å²) in [7, 11) is 0. The fourth-order valence-electron chi connectivity index (χ4n) is 3.72. The lowest BCUT2D eigenvalue weighted by Gasteiger charge is -2.25. The maximum absolute atomic E-state index is 6.56. The predicted octanol–water partition coefficient (Wildman–Crippen LogP) is 3.06. The molecule has 0 bridgehead atoms. The van der Waals surface area contributed by atoms with Gasteiger partial charge < -0.3 is 16.4 Å². The first-order valence-corrected chi connectivity index (χ1v) is 9.98. The molecule has 0 aliphatic carbocycles. The number of nitrogens with one attached hydrogen (secondary N) is 2. The standard InChI is InChI=1S/C19H21N7S/c1-11-23-14-5-4-12(9-15(14)27-11)16-17(20)19-22-7-8-26(19)25-18(16)24-13-3-2-6-21-10-13/h4-5,7-9,13,21H,2-3,6,10,20H2,1H3,(H,24,25)/t13-/m0/s1. The Morgan fingerprint density at radius 3 is 3.15 bits per heavy atom. The monoisotopic (exact) mass is 379 g/mol. The van der Waals surface area contributed by atoms with E-state index in [0.717, 1.165) is 58.1 Å². The summed E-state index contributed by atoms with van der Waals surface area (Å²) in [4.78, 5) is 8.94. The van der Waals surface area contributed by atoms with Gasteiger partial charge in [0.2, 0.25) is 0 Å². The molecule has 0 saturated carbocycles. The molecule has 0 unspecified atom stereocenters. The van der Waals surface area contributed by atoms with Gasteiger partial charge in [-0.1, -0.05) is 6.07 Å². The number of aryl methyl sites for hydroxylation is 1. The number of nitrogens with zero attached hydrogens (tertiary/aromatic N) is 4. The number of nitrogens with two attached hydrogens (primary N) is 1. The SMILES string of the molecule is Cc1nc2ccc(-c3c(N[C@H]4CCCNC4)nn4ccnc4c3N)cc2s1. The van der Waals surface area contributed by atoms with Crippen LogP contribution in [0.25, 0.3) is 27.0 Å². The van der Waals surface area contributed by atoms with Crippen molar-refractivity contribution in [2.24, 2.45) is 0 Å². The Morgan fingerprint density at radius 1 is 1.37 bits per heavy atom. The molecule has 7 nitrogen and oxygen atoms in total. The molecule has 4 N–H and O–H groups in total. The summed E-state index contributed by atoms with van der Waals surface area (Å²) >= 11 is 1.69. The van der Waals surface area contributed by atoms with Crippen molar-refractivity contribution in [3.8, 4) is 11.1 Å². The normalized spacial score (nSPS) is 17.6. The van der Waals surface area contributed by atoms with Crippen molar-refractivity contribution in [3.05, 3.63) is 35.6 Å². The van der Waals surface area contributed by atoms with Gasteiger partial charge in [0.1, 0.15) is 0 Å². The van der Waals surface area contributed by atoms with E-state index < -0.39 is 0 Å². The Kier molecular flexibility index (Phi) is 3.95. The van der Waals surface area contributed by atoms with E-state index in [9.17, 15) is 0 Å². The van der Waals surface area contributed by atoms with Gasteiger partial charge in [-0.15, -0.1) is 16.4 Å². The van der Waals surface area contributed by atoms with E-state index in [-0.39, 0.29) is 0 Å². The van der Waals surface area contributed by atoms with Crippen LogP contribution < -0.4 is 16.4 Å². The second-order valence-electron chi connectivity index (χ2n) is 6.94. The van der Waals surface area contributed by atoms with Crippen molar-refractivity contribution < 1.29 is 0 Å². The minimum Gasteiger partial charge on any atom is -0.395 e. The molecule has 1 aliphatic rings. The zero-order valence-corrected chi connectivity index (χ0v) is 15.9. The van der Waals surface area contributed by atoms with E-state index in [0.29, 0.717) is 17.4 Å². The van der Waals surface area contributed by atoms with Crippen LogP contribution in [0.3, 0.4) is 0 Å². The molecule has 138 valence electrons. The second kappa shape index (κ2) is 6.47. The molecule has 8 heteroatoms. The van der Waals surface area contributed by atoms with Gasteiger partial charge in [-0.2, -0.15) is 0 Å². The lowest BCUT2D eigenvalue weighted by molar-refractivity contribution is 0.478. The fraction of sp³-hybridized carbons (Fsp3) is 0.316. The molecular formula is C19H21N7S. The zero-order chi connectivity index (χ0) is 18.4. The zero-order valence-electron chi connectivity index (χ0n) is 15.1. The first-order valence-electron chi connectivity index (χ1n) is 9.17. The average molecular weight is 379 g/mol. The molecular weight excluding hydrogens is 358 g/mol. The topological polar surface area (TPSA) is 93.2 Å². The van der Waals surface area contributed by atoms with Gasteiger partial charge >= 0.3 is 0 Å². The molecule has 27 heavy (non-hydrogen) atoms. The van der Waals surface area contributed by atoms with E-state index in [2.05, 4.69) is 38.8 Å². The van der Waals surface area contributed by atoms with Crippen molar-refractivity contribution in [1.29, 1.82) is 0 Å². The molecule has 1 fully saturated rings. The van der Waals surface area contributed by atoms with Gasteiger partial charge in [0.15, 0.2) is 11.5 Å². The molecule has 4 aromatic rings. The van der Waals surface area contributed by atoms with Crippen molar-refractivity contribution in [2.75, 3.05) is 24.1 Å². The highest BCUT2D eigenvalue weighted by Crippen LogP contribution is 2.37. The van der Waals surface area contributed by atoms with E-state index in [1.54, 1.807) is 22.0 Å². The number of benzene rings is 1. The number of fused-ring (bicyclic) bond motifs is 2. The Bertz CT molecular complexity index is 1120. The Balaban J connectivity index is 1.67. The summed E-state index contributed by atoms with van der Waals surface area (Å²) < 4.78 is 2.89. The highest BCUT2D eigenvalue weighted by Gasteiger charge is 2.20. The number of imidazole rings is 1. The number of piperidine rings is 1. The van der Waals surface area contributed by atoms with Gasteiger partial charge in [0.25, 0.3) is 0 Å². The van der Waals surface area contributed by atoms with Gasteiger partial charge in [-0.3, -0.25) is 0 Å². The third-order valence-corrected chi connectivity index (χ3v) is 5.93.